The van der Waals surface area contributed by atoms with E-state index < -0.39 is 31.4 Å². The number of hydrogen-bond acceptors (Lipinski definition) is 5. The van der Waals surface area contributed by atoms with Crippen LogP contribution in [0.15, 0.2) is 60.7 Å². The van der Waals surface area contributed by atoms with Gasteiger partial charge in [0.05, 0.1) is 6.04 Å². The van der Waals surface area contributed by atoms with E-state index in [1.807, 2.05) is 66.9 Å². The van der Waals surface area contributed by atoms with Crippen molar-refractivity contribution in [3.63, 3.8) is 0 Å². The molecule has 0 unspecified atom stereocenters. The molecular weight excluding hydrogens is 533 g/mol. The van der Waals surface area contributed by atoms with Crippen LogP contribution in [0.3, 0.4) is 0 Å². The Balaban J connectivity index is 1.57. The molecule has 2 amide bonds. The minimum absolute atomic E-state index is 0.229. The van der Waals surface area contributed by atoms with Gasteiger partial charge in [-0.2, -0.15) is 11.8 Å². The van der Waals surface area contributed by atoms with Gasteiger partial charge in [-0.25, -0.2) is 4.79 Å². The van der Waals surface area contributed by atoms with Crippen molar-refractivity contribution in [3.8, 4) is 0 Å². The number of carboxylic acids is 1. The SMILES string of the molecule is CSCC[C@H](NP(=O)(Cc1ccccc1)Cc1ccccc1)C(=O)N1CCC[C@H]1C(=O)N1CCC[C@H]1C(=O)O. The Morgan fingerprint density at radius 2 is 1.46 bits per heavy atom. The Morgan fingerprint density at radius 3 is 2.00 bits per heavy atom. The molecule has 3 atom stereocenters. The normalized spacial score (nSPS) is 20.2. The summed E-state index contributed by atoms with van der Waals surface area (Å²) >= 11 is 1.61. The van der Waals surface area contributed by atoms with Crippen LogP contribution in [0.1, 0.15) is 43.2 Å². The van der Waals surface area contributed by atoms with E-state index in [9.17, 15) is 24.1 Å². The molecule has 2 aliphatic rings. The van der Waals surface area contributed by atoms with Gasteiger partial charge >= 0.3 is 5.97 Å². The molecule has 0 aromatic heterocycles. The molecule has 2 heterocycles. The lowest BCUT2D eigenvalue weighted by Gasteiger charge is -2.33. The zero-order valence-corrected chi connectivity index (χ0v) is 24.1. The fourth-order valence-corrected chi connectivity index (χ4v) is 8.81. The summed E-state index contributed by atoms with van der Waals surface area (Å²) in [6, 6.07) is 17.1. The molecule has 0 bridgehead atoms. The van der Waals surface area contributed by atoms with Crippen molar-refractivity contribution in [2.45, 2.75) is 62.6 Å². The van der Waals surface area contributed by atoms with E-state index in [1.165, 1.54) is 4.90 Å². The summed E-state index contributed by atoms with van der Waals surface area (Å²) in [6.45, 7) is 0.825. The Morgan fingerprint density at radius 1 is 0.923 bits per heavy atom. The summed E-state index contributed by atoms with van der Waals surface area (Å²) in [5.74, 6) is -0.822. The Hall–Kier alpha value is -2.61. The topological polar surface area (TPSA) is 107 Å². The number of benzene rings is 2. The van der Waals surface area contributed by atoms with E-state index in [0.29, 0.717) is 63.3 Å². The molecule has 2 aromatic rings. The first-order valence-electron chi connectivity index (χ1n) is 13.6. The number of carbonyl (C=O) groups is 3. The zero-order valence-electron chi connectivity index (χ0n) is 22.4. The fourth-order valence-electron chi connectivity index (χ4n) is 5.63. The van der Waals surface area contributed by atoms with Crippen molar-refractivity contribution in [2.75, 3.05) is 25.1 Å². The molecule has 0 aliphatic carbocycles. The highest BCUT2D eigenvalue weighted by atomic mass is 32.2. The number of likely N-dealkylation sites (tertiary alicyclic amines) is 2. The lowest BCUT2D eigenvalue weighted by molar-refractivity contribution is -0.152. The molecule has 8 nitrogen and oxygen atoms in total. The zero-order chi connectivity index (χ0) is 27.8. The van der Waals surface area contributed by atoms with Gasteiger partial charge in [0.15, 0.2) is 7.29 Å². The maximum Gasteiger partial charge on any atom is 0.326 e. The van der Waals surface area contributed by atoms with Gasteiger partial charge in [-0.3, -0.25) is 14.7 Å². The number of amides is 2. The molecule has 0 spiro atoms. The maximum atomic E-state index is 14.6. The lowest BCUT2D eigenvalue weighted by atomic mass is 10.1. The summed E-state index contributed by atoms with van der Waals surface area (Å²) in [4.78, 5) is 42.2. The van der Waals surface area contributed by atoms with Crippen molar-refractivity contribution in [1.29, 1.82) is 0 Å². The highest BCUT2D eigenvalue weighted by Crippen LogP contribution is 2.49. The van der Waals surface area contributed by atoms with Crippen LogP contribution < -0.4 is 5.09 Å². The largest absolute Gasteiger partial charge is 0.480 e. The first-order valence-corrected chi connectivity index (χ1v) is 17.0. The third-order valence-electron chi connectivity index (χ3n) is 7.50. The van der Waals surface area contributed by atoms with E-state index in [0.717, 1.165) is 11.1 Å². The predicted octanol–water partition coefficient (Wildman–Crippen LogP) is 4.44. The maximum absolute atomic E-state index is 14.6. The van der Waals surface area contributed by atoms with Crippen LogP contribution in [0.2, 0.25) is 0 Å². The van der Waals surface area contributed by atoms with Gasteiger partial charge in [0, 0.05) is 25.4 Å². The van der Waals surface area contributed by atoms with E-state index in [-0.39, 0.29) is 11.8 Å². The van der Waals surface area contributed by atoms with E-state index in [2.05, 4.69) is 5.09 Å². The number of carbonyl (C=O) groups excluding carboxylic acids is 2. The van der Waals surface area contributed by atoms with Crippen molar-refractivity contribution in [1.82, 2.24) is 14.9 Å². The summed E-state index contributed by atoms with van der Waals surface area (Å²) in [6.07, 6.45) is 5.32. The third-order valence-corrected chi connectivity index (χ3v) is 10.7. The Kier molecular flexibility index (Phi) is 10.3. The molecular formula is C29H38N3O5PS. The van der Waals surface area contributed by atoms with Gasteiger partial charge in [-0.15, -0.1) is 0 Å². The number of carboxylic acid groups (broad SMARTS) is 1. The average Bonchev–Trinajstić information content (AvgIpc) is 3.62. The van der Waals surface area contributed by atoms with Gasteiger partial charge in [0.1, 0.15) is 12.1 Å². The molecule has 2 N–H and O–H groups in total. The third kappa shape index (κ3) is 7.53. The summed E-state index contributed by atoms with van der Waals surface area (Å²) in [5, 5.41) is 12.9. The van der Waals surface area contributed by atoms with E-state index in [1.54, 1.807) is 16.7 Å². The summed E-state index contributed by atoms with van der Waals surface area (Å²) < 4.78 is 14.6. The van der Waals surface area contributed by atoms with Crippen LogP contribution in [0, 0.1) is 0 Å². The van der Waals surface area contributed by atoms with Gasteiger partial charge in [0.2, 0.25) is 11.8 Å². The number of thioether (sulfide) groups is 1. The van der Waals surface area contributed by atoms with Crippen molar-refractivity contribution < 1.29 is 24.1 Å². The van der Waals surface area contributed by atoms with Crippen LogP contribution in [-0.2, 0) is 31.3 Å². The highest BCUT2D eigenvalue weighted by Gasteiger charge is 2.44. The van der Waals surface area contributed by atoms with E-state index >= 15 is 0 Å². The molecule has 2 fully saturated rings. The molecule has 210 valence electrons. The molecule has 2 aliphatic heterocycles. The van der Waals surface area contributed by atoms with Crippen molar-refractivity contribution in [3.05, 3.63) is 71.8 Å². The number of aliphatic carboxylic acids is 1. The van der Waals surface area contributed by atoms with Crippen LogP contribution in [0.4, 0.5) is 0 Å². The molecule has 2 saturated heterocycles. The summed E-state index contributed by atoms with van der Waals surface area (Å²) in [5.41, 5.74) is 1.87. The second-order valence-corrected chi connectivity index (χ2v) is 14.0. The van der Waals surface area contributed by atoms with Crippen LogP contribution in [0.25, 0.3) is 0 Å². The average molecular weight is 572 g/mol. The first kappa shape index (κ1) is 29.4. The van der Waals surface area contributed by atoms with Gasteiger partial charge < -0.3 is 19.5 Å². The molecule has 0 saturated carbocycles. The first-order chi connectivity index (χ1) is 18.8. The number of nitrogens with one attached hydrogen (secondary N) is 1. The molecule has 2 aromatic carbocycles. The second-order valence-electron chi connectivity index (χ2n) is 10.4. The minimum Gasteiger partial charge on any atom is -0.480 e. The van der Waals surface area contributed by atoms with Crippen LogP contribution >= 0.6 is 19.1 Å². The number of hydrogen-bond donors (Lipinski definition) is 2. The molecule has 4 rings (SSSR count). The monoisotopic (exact) mass is 571 g/mol. The second kappa shape index (κ2) is 13.6. The van der Waals surface area contributed by atoms with Crippen LogP contribution in [-0.4, -0.2) is 75.9 Å². The Bertz CT molecular complexity index is 1140. The van der Waals surface area contributed by atoms with E-state index in [4.69, 9.17) is 0 Å². The smallest absolute Gasteiger partial charge is 0.326 e. The molecule has 39 heavy (non-hydrogen) atoms. The Labute approximate surface area is 234 Å². The number of rotatable bonds is 12. The fraction of sp³-hybridized carbons (Fsp3) is 0.483. The highest BCUT2D eigenvalue weighted by molar-refractivity contribution is 7.98. The van der Waals surface area contributed by atoms with Gasteiger partial charge in [-0.05, 0) is 55.2 Å². The number of nitrogens with zero attached hydrogens (tertiary/aromatic N) is 2. The van der Waals surface area contributed by atoms with Gasteiger partial charge in [-0.1, -0.05) is 60.7 Å². The standard InChI is InChI=1S/C29H38N3O5PS/c1-39-19-16-24(27(33)31-17-8-14-25(31)28(34)32-18-9-15-26(32)29(35)36)30-38(37,20-22-10-4-2-5-11-22)21-23-12-6-3-7-13-23/h2-7,10-13,24-26H,8-9,14-21H2,1H3,(H,30,37)(H,35,36)/t24-,25-,26-/m0/s1. The lowest BCUT2D eigenvalue weighted by Crippen LogP contribution is -2.54. The van der Waals surface area contributed by atoms with Crippen molar-refractivity contribution in [2.24, 2.45) is 0 Å². The van der Waals surface area contributed by atoms with Crippen LogP contribution in [0.5, 0.6) is 0 Å². The van der Waals surface area contributed by atoms with Gasteiger partial charge in [0.25, 0.3) is 0 Å². The minimum atomic E-state index is -3.12. The quantitative estimate of drug-likeness (QED) is 0.363. The predicted molar refractivity (Wildman–Crippen MR) is 155 cm³/mol. The summed E-state index contributed by atoms with van der Waals surface area (Å²) in [7, 11) is -3.12. The van der Waals surface area contributed by atoms with Crippen molar-refractivity contribution >= 4 is 36.8 Å². The molecule has 10 heteroatoms. The molecule has 0 radical (unpaired) electrons.